The summed E-state index contributed by atoms with van der Waals surface area (Å²) in [6.45, 7) is 1.89. The monoisotopic (exact) mass is 377 g/mol. The van der Waals surface area contributed by atoms with Crippen LogP contribution >= 0.6 is 27.7 Å². The van der Waals surface area contributed by atoms with E-state index in [0.29, 0.717) is 11.5 Å². The molecule has 0 saturated heterocycles. The highest BCUT2D eigenvalue weighted by molar-refractivity contribution is 9.10. The molecule has 8 heteroatoms. The van der Waals surface area contributed by atoms with Crippen LogP contribution < -0.4 is 5.32 Å². The summed E-state index contributed by atoms with van der Waals surface area (Å²) < 4.78 is 2.69. The second kappa shape index (κ2) is 6.45. The predicted octanol–water partition coefficient (Wildman–Crippen LogP) is 2.93. The highest BCUT2D eigenvalue weighted by Crippen LogP contribution is 2.20. The maximum Gasteiger partial charge on any atom is 0.255 e. The van der Waals surface area contributed by atoms with Gasteiger partial charge in [0.05, 0.1) is 10.8 Å². The third-order valence-electron chi connectivity index (χ3n) is 2.84. The van der Waals surface area contributed by atoms with Crippen molar-refractivity contribution in [1.29, 1.82) is 0 Å². The van der Waals surface area contributed by atoms with Gasteiger partial charge in [0.25, 0.3) is 5.78 Å². The van der Waals surface area contributed by atoms with Gasteiger partial charge in [-0.2, -0.15) is 0 Å². The Morgan fingerprint density at radius 1 is 1.41 bits per heavy atom. The highest BCUT2D eigenvalue weighted by Gasteiger charge is 2.09. The van der Waals surface area contributed by atoms with E-state index in [0.717, 1.165) is 20.9 Å². The molecule has 0 saturated carbocycles. The Kier molecular flexibility index (Phi) is 4.39. The Balaban J connectivity index is 1.68. The zero-order valence-electron chi connectivity index (χ0n) is 11.7. The Morgan fingerprint density at radius 3 is 3.09 bits per heavy atom. The lowest BCUT2D eigenvalue weighted by atomic mass is 10.3. The topological polar surface area (TPSA) is 72.2 Å². The van der Waals surface area contributed by atoms with Crippen molar-refractivity contribution >= 4 is 45.1 Å². The van der Waals surface area contributed by atoms with Crippen molar-refractivity contribution in [3.63, 3.8) is 0 Å². The molecule has 1 amide bonds. The van der Waals surface area contributed by atoms with Gasteiger partial charge in [0.15, 0.2) is 0 Å². The number of thioether (sulfide) groups is 1. The van der Waals surface area contributed by atoms with Crippen LogP contribution in [0.3, 0.4) is 0 Å². The number of rotatable bonds is 4. The number of carbonyl (C=O) groups excluding carboxylic acids is 1. The van der Waals surface area contributed by atoms with Crippen molar-refractivity contribution in [1.82, 2.24) is 19.6 Å². The summed E-state index contributed by atoms with van der Waals surface area (Å²) in [6.07, 6.45) is 1.59. The molecule has 2 heterocycles. The molecule has 112 valence electrons. The number of nitrogens with zero attached hydrogens (tertiary/aromatic N) is 4. The Morgan fingerprint density at radius 2 is 2.27 bits per heavy atom. The fraction of sp³-hybridized carbons (Fsp3) is 0.143. The number of hydrogen-bond acceptors (Lipinski definition) is 5. The van der Waals surface area contributed by atoms with Crippen LogP contribution in [0.15, 0.2) is 46.2 Å². The molecule has 2 aromatic heterocycles. The highest BCUT2D eigenvalue weighted by atomic mass is 79.9. The Labute approximate surface area is 139 Å². The molecule has 1 N–H and O–H groups in total. The number of benzene rings is 1. The smallest absolute Gasteiger partial charge is 0.255 e. The summed E-state index contributed by atoms with van der Waals surface area (Å²) in [5.74, 6) is 0.761. The molecule has 0 aliphatic rings. The molecule has 3 aromatic rings. The van der Waals surface area contributed by atoms with E-state index >= 15 is 0 Å². The van der Waals surface area contributed by atoms with Gasteiger partial charge >= 0.3 is 0 Å². The number of nitrogens with one attached hydrogen (secondary N) is 1. The molecule has 0 bridgehead atoms. The minimum Gasteiger partial charge on any atom is -0.325 e. The largest absolute Gasteiger partial charge is 0.325 e. The zero-order valence-corrected chi connectivity index (χ0v) is 14.1. The first-order valence-corrected chi connectivity index (χ1v) is 8.25. The second-order valence-corrected chi connectivity index (χ2v) is 6.50. The lowest BCUT2D eigenvalue weighted by molar-refractivity contribution is -0.113. The summed E-state index contributed by atoms with van der Waals surface area (Å²) >= 11 is 4.80. The molecule has 0 aliphatic heterocycles. The molecule has 0 radical (unpaired) electrons. The maximum atomic E-state index is 12.1. The van der Waals surface area contributed by atoms with E-state index in [2.05, 4.69) is 36.4 Å². The van der Waals surface area contributed by atoms with E-state index < -0.39 is 0 Å². The minimum atomic E-state index is -0.0706. The van der Waals surface area contributed by atoms with Gasteiger partial charge in [-0.15, -0.1) is 10.2 Å². The lowest BCUT2D eigenvalue weighted by Gasteiger charge is -2.07. The van der Waals surface area contributed by atoms with Crippen LogP contribution in [0.25, 0.3) is 5.78 Å². The summed E-state index contributed by atoms with van der Waals surface area (Å²) in [6, 6.07) is 9.40. The van der Waals surface area contributed by atoms with E-state index in [1.807, 2.05) is 37.3 Å². The van der Waals surface area contributed by atoms with Gasteiger partial charge in [-0.1, -0.05) is 33.8 Å². The molecule has 6 nitrogen and oxygen atoms in total. The van der Waals surface area contributed by atoms with Crippen molar-refractivity contribution in [2.45, 2.75) is 11.9 Å². The average Bonchev–Trinajstić information content (AvgIpc) is 2.93. The Bertz CT molecular complexity index is 835. The zero-order chi connectivity index (χ0) is 15.5. The van der Waals surface area contributed by atoms with Crippen LogP contribution in [0.4, 0.5) is 5.69 Å². The molecular weight excluding hydrogens is 366 g/mol. The maximum absolute atomic E-state index is 12.1. The van der Waals surface area contributed by atoms with Crippen LogP contribution in [0.5, 0.6) is 0 Å². The third-order valence-corrected chi connectivity index (χ3v) is 4.35. The summed E-state index contributed by atoms with van der Waals surface area (Å²) in [5, 5.41) is 11.5. The number of hydrogen-bond donors (Lipinski definition) is 1. The standard InChI is InChI=1S/C14H12BrN5OS/c1-9-5-13(20-8-16-19-14(20)17-9)22-7-12(21)18-11-4-2-3-10(15)6-11/h2-6,8H,7H2,1H3,(H,18,21). The van der Waals surface area contributed by atoms with Gasteiger partial charge in [0.2, 0.25) is 5.91 Å². The van der Waals surface area contributed by atoms with Gasteiger partial charge in [0.1, 0.15) is 6.33 Å². The van der Waals surface area contributed by atoms with E-state index in [4.69, 9.17) is 0 Å². The van der Waals surface area contributed by atoms with Crippen molar-refractivity contribution in [2.75, 3.05) is 11.1 Å². The average molecular weight is 378 g/mol. The number of amides is 1. The molecule has 0 unspecified atom stereocenters. The van der Waals surface area contributed by atoms with Crippen LogP contribution in [0.2, 0.25) is 0 Å². The molecule has 0 fully saturated rings. The van der Waals surface area contributed by atoms with Crippen LogP contribution in [0.1, 0.15) is 5.69 Å². The van der Waals surface area contributed by atoms with Crippen LogP contribution in [-0.4, -0.2) is 31.2 Å². The van der Waals surface area contributed by atoms with Gasteiger partial charge < -0.3 is 5.32 Å². The molecule has 3 rings (SSSR count). The normalized spacial score (nSPS) is 10.8. The molecule has 0 spiro atoms. The summed E-state index contributed by atoms with van der Waals surface area (Å²) in [5.41, 5.74) is 1.61. The molecule has 0 atom stereocenters. The van der Waals surface area contributed by atoms with Crippen molar-refractivity contribution in [2.24, 2.45) is 0 Å². The second-order valence-electron chi connectivity index (χ2n) is 4.58. The van der Waals surface area contributed by atoms with Crippen LogP contribution in [-0.2, 0) is 4.79 Å². The molecule has 22 heavy (non-hydrogen) atoms. The number of aryl methyl sites for hydroxylation is 1. The number of aromatic nitrogens is 4. The molecular formula is C14H12BrN5OS. The number of carbonyl (C=O) groups is 1. The number of anilines is 1. The number of halogens is 1. The molecule has 0 aliphatic carbocycles. The lowest BCUT2D eigenvalue weighted by Crippen LogP contribution is -2.14. The number of fused-ring (bicyclic) bond motifs is 1. The predicted molar refractivity (Wildman–Crippen MR) is 89.0 cm³/mol. The third kappa shape index (κ3) is 3.45. The first kappa shape index (κ1) is 15.0. The van der Waals surface area contributed by atoms with Crippen molar-refractivity contribution < 1.29 is 4.79 Å². The van der Waals surface area contributed by atoms with E-state index in [1.165, 1.54) is 11.8 Å². The SMILES string of the molecule is Cc1cc(SCC(=O)Nc2cccc(Br)c2)n2cnnc2n1. The van der Waals surface area contributed by atoms with Gasteiger partial charge in [-0.25, -0.2) is 4.98 Å². The Hall–Kier alpha value is -1.93. The summed E-state index contributed by atoms with van der Waals surface area (Å²) in [4.78, 5) is 16.3. The molecule has 1 aromatic carbocycles. The van der Waals surface area contributed by atoms with E-state index in [-0.39, 0.29) is 5.91 Å². The summed E-state index contributed by atoms with van der Waals surface area (Å²) in [7, 11) is 0. The van der Waals surface area contributed by atoms with Crippen molar-refractivity contribution in [3.05, 3.63) is 46.8 Å². The van der Waals surface area contributed by atoms with Gasteiger partial charge in [-0.3, -0.25) is 9.20 Å². The van der Waals surface area contributed by atoms with Gasteiger partial charge in [0, 0.05) is 15.9 Å². The fourth-order valence-corrected chi connectivity index (χ4v) is 3.19. The minimum absolute atomic E-state index is 0.0706. The fourth-order valence-electron chi connectivity index (χ4n) is 1.91. The van der Waals surface area contributed by atoms with Gasteiger partial charge in [-0.05, 0) is 31.2 Å². The van der Waals surface area contributed by atoms with E-state index in [9.17, 15) is 4.79 Å². The van der Waals surface area contributed by atoms with Crippen molar-refractivity contribution in [3.8, 4) is 0 Å². The van der Waals surface area contributed by atoms with E-state index in [1.54, 1.807) is 10.7 Å². The van der Waals surface area contributed by atoms with Crippen LogP contribution in [0, 0.1) is 6.92 Å². The first-order chi connectivity index (χ1) is 10.6. The first-order valence-electron chi connectivity index (χ1n) is 6.47. The quantitative estimate of drug-likeness (QED) is 0.558.